The predicted molar refractivity (Wildman–Crippen MR) is 80.5 cm³/mol. The van der Waals surface area contributed by atoms with Crippen LogP contribution in [-0.2, 0) is 42.9 Å². The van der Waals surface area contributed by atoms with E-state index in [4.69, 9.17) is 30.1 Å². The van der Waals surface area contributed by atoms with Gasteiger partial charge in [-0.3, -0.25) is 19.2 Å². The van der Waals surface area contributed by atoms with E-state index >= 15 is 0 Å². The van der Waals surface area contributed by atoms with Crippen LogP contribution in [0.1, 0.15) is 34.1 Å². The summed E-state index contributed by atoms with van der Waals surface area (Å²) in [5.41, 5.74) is 0. The van der Waals surface area contributed by atoms with E-state index in [9.17, 15) is 19.2 Å². The van der Waals surface area contributed by atoms with Gasteiger partial charge in [0.2, 0.25) is 12.4 Å². The Morgan fingerprint density at radius 1 is 0.800 bits per heavy atom. The quantitative estimate of drug-likeness (QED) is 0.384. The molecule has 1 aliphatic rings. The first-order chi connectivity index (χ1) is 11.6. The minimum absolute atomic E-state index is 0.0275. The van der Waals surface area contributed by atoms with Gasteiger partial charge in [-0.25, -0.2) is 0 Å². The molecule has 0 spiro atoms. The molecule has 2 unspecified atom stereocenters. The SMILES string of the molecule is C#CC[C@@H]1OC(OC(C)=O)[C@@H](OC(C)=O)[C@H](OC(C)=O)C1OC(C)=O. The van der Waals surface area contributed by atoms with Crippen LogP contribution in [0.4, 0.5) is 0 Å². The van der Waals surface area contributed by atoms with Crippen molar-refractivity contribution in [3.8, 4) is 12.3 Å². The monoisotopic (exact) mass is 356 g/mol. The molecule has 0 aromatic carbocycles. The lowest BCUT2D eigenvalue weighted by atomic mass is 9.96. The zero-order valence-corrected chi connectivity index (χ0v) is 14.3. The number of ether oxygens (including phenoxy) is 5. The number of hydrogen-bond donors (Lipinski definition) is 0. The minimum Gasteiger partial charge on any atom is -0.456 e. The fourth-order valence-corrected chi connectivity index (χ4v) is 2.39. The van der Waals surface area contributed by atoms with Crippen molar-refractivity contribution < 1.29 is 42.9 Å². The molecule has 9 heteroatoms. The third-order valence-corrected chi connectivity index (χ3v) is 3.10. The van der Waals surface area contributed by atoms with Crippen LogP contribution in [0.2, 0.25) is 0 Å². The van der Waals surface area contributed by atoms with Crippen molar-refractivity contribution in [2.24, 2.45) is 0 Å². The van der Waals surface area contributed by atoms with E-state index in [-0.39, 0.29) is 6.42 Å². The summed E-state index contributed by atoms with van der Waals surface area (Å²) in [6.45, 7) is 4.52. The van der Waals surface area contributed by atoms with Crippen LogP contribution in [0.3, 0.4) is 0 Å². The molecule has 1 rings (SSSR count). The molecule has 0 saturated carbocycles. The Labute approximate surface area is 144 Å². The number of terminal acetylenes is 1. The van der Waals surface area contributed by atoms with Crippen molar-refractivity contribution in [1.82, 2.24) is 0 Å². The first-order valence-corrected chi connectivity index (χ1v) is 7.43. The lowest BCUT2D eigenvalue weighted by Gasteiger charge is -2.43. The molecule has 1 fully saturated rings. The average molecular weight is 356 g/mol. The second kappa shape index (κ2) is 9.03. The Morgan fingerprint density at radius 2 is 1.24 bits per heavy atom. The molecule has 138 valence electrons. The summed E-state index contributed by atoms with van der Waals surface area (Å²) >= 11 is 0. The van der Waals surface area contributed by atoms with Gasteiger partial charge >= 0.3 is 23.9 Å². The van der Waals surface area contributed by atoms with E-state index in [2.05, 4.69) is 5.92 Å². The van der Waals surface area contributed by atoms with Crippen LogP contribution in [-0.4, -0.2) is 54.6 Å². The van der Waals surface area contributed by atoms with E-state index < -0.39 is 54.6 Å². The van der Waals surface area contributed by atoms with Gasteiger partial charge in [-0.1, -0.05) is 0 Å². The average Bonchev–Trinajstić information content (AvgIpc) is 2.45. The van der Waals surface area contributed by atoms with E-state index in [1.807, 2.05) is 0 Å². The summed E-state index contributed by atoms with van der Waals surface area (Å²) in [6, 6.07) is 0. The molecular weight excluding hydrogens is 336 g/mol. The number of rotatable bonds is 5. The van der Waals surface area contributed by atoms with Crippen molar-refractivity contribution in [1.29, 1.82) is 0 Å². The maximum atomic E-state index is 11.5. The highest BCUT2D eigenvalue weighted by Gasteiger charge is 2.52. The summed E-state index contributed by atoms with van der Waals surface area (Å²) in [7, 11) is 0. The minimum atomic E-state index is -1.38. The van der Waals surface area contributed by atoms with Crippen molar-refractivity contribution in [2.75, 3.05) is 0 Å². The van der Waals surface area contributed by atoms with Gasteiger partial charge in [-0.2, -0.15) is 0 Å². The topological polar surface area (TPSA) is 114 Å². The fourth-order valence-electron chi connectivity index (χ4n) is 2.39. The first-order valence-electron chi connectivity index (χ1n) is 7.43. The second-order valence-electron chi connectivity index (χ2n) is 5.28. The third-order valence-electron chi connectivity index (χ3n) is 3.10. The third kappa shape index (κ3) is 6.08. The highest BCUT2D eigenvalue weighted by Crippen LogP contribution is 2.30. The maximum absolute atomic E-state index is 11.5. The Bertz CT molecular complexity index is 577. The van der Waals surface area contributed by atoms with Gasteiger partial charge in [-0.15, -0.1) is 12.3 Å². The Balaban J connectivity index is 3.28. The van der Waals surface area contributed by atoms with Gasteiger partial charge < -0.3 is 23.7 Å². The zero-order valence-electron chi connectivity index (χ0n) is 14.3. The first kappa shape index (κ1) is 20.4. The number of hydrogen-bond acceptors (Lipinski definition) is 9. The lowest BCUT2D eigenvalue weighted by molar-refractivity contribution is -0.294. The normalized spacial score (nSPS) is 28.2. The summed E-state index contributed by atoms with van der Waals surface area (Å²) in [5.74, 6) is -0.511. The molecule has 1 saturated heterocycles. The molecule has 1 aliphatic heterocycles. The molecule has 9 nitrogen and oxygen atoms in total. The van der Waals surface area contributed by atoms with Gasteiger partial charge in [0, 0.05) is 34.1 Å². The fraction of sp³-hybridized carbons (Fsp3) is 0.625. The van der Waals surface area contributed by atoms with Crippen molar-refractivity contribution in [2.45, 2.75) is 64.8 Å². The standard InChI is InChI=1S/C16H20O9/c1-6-7-12-13(21-8(2)17)14(22-9(3)18)15(23-10(4)19)16(25-12)24-11(5)20/h1,12-16H,7H2,2-5H3/t12-,13?,14+,15-,16?/m0/s1. The summed E-state index contributed by atoms with van der Waals surface area (Å²) in [4.78, 5) is 45.6. The summed E-state index contributed by atoms with van der Waals surface area (Å²) < 4.78 is 26.0. The zero-order chi connectivity index (χ0) is 19.1. The van der Waals surface area contributed by atoms with Gasteiger partial charge in [0.25, 0.3) is 0 Å². The van der Waals surface area contributed by atoms with E-state index in [0.717, 1.165) is 27.7 Å². The molecule has 0 bridgehead atoms. The molecule has 0 aliphatic carbocycles. The molecule has 0 amide bonds. The predicted octanol–water partition coefficient (Wildman–Crippen LogP) is 0.0928. The summed E-state index contributed by atoms with van der Waals surface area (Å²) in [5, 5.41) is 0. The Morgan fingerprint density at radius 3 is 1.68 bits per heavy atom. The van der Waals surface area contributed by atoms with Crippen molar-refractivity contribution in [3.05, 3.63) is 0 Å². The highest BCUT2D eigenvalue weighted by molar-refractivity contribution is 5.69. The second-order valence-corrected chi connectivity index (χ2v) is 5.28. The van der Waals surface area contributed by atoms with E-state index in [0.29, 0.717) is 0 Å². The van der Waals surface area contributed by atoms with Crippen LogP contribution in [0.5, 0.6) is 0 Å². The molecule has 1 heterocycles. The number of carbonyl (C=O) groups excluding carboxylic acids is 4. The molecular formula is C16H20O9. The Hall–Kier alpha value is -2.60. The highest BCUT2D eigenvalue weighted by atomic mass is 16.7. The van der Waals surface area contributed by atoms with Gasteiger partial charge in [0.15, 0.2) is 12.2 Å². The van der Waals surface area contributed by atoms with Crippen molar-refractivity contribution >= 4 is 23.9 Å². The number of carbonyl (C=O) groups is 4. The van der Waals surface area contributed by atoms with Crippen molar-refractivity contribution in [3.63, 3.8) is 0 Å². The molecule has 0 N–H and O–H groups in total. The van der Waals surface area contributed by atoms with Crippen LogP contribution in [0.25, 0.3) is 0 Å². The maximum Gasteiger partial charge on any atom is 0.305 e. The van der Waals surface area contributed by atoms with Gasteiger partial charge in [0.1, 0.15) is 6.10 Å². The molecule has 5 atom stereocenters. The summed E-state index contributed by atoms with van der Waals surface area (Å²) in [6.07, 6.45) is -0.789. The van der Waals surface area contributed by atoms with Crippen LogP contribution < -0.4 is 0 Å². The van der Waals surface area contributed by atoms with E-state index in [1.54, 1.807) is 0 Å². The smallest absolute Gasteiger partial charge is 0.305 e. The molecule has 25 heavy (non-hydrogen) atoms. The molecule has 0 aromatic heterocycles. The molecule has 0 aromatic rings. The van der Waals surface area contributed by atoms with Gasteiger partial charge in [-0.05, 0) is 0 Å². The Kier molecular flexibility index (Phi) is 7.39. The number of esters is 4. The van der Waals surface area contributed by atoms with Gasteiger partial charge in [0.05, 0.1) is 0 Å². The van der Waals surface area contributed by atoms with E-state index in [1.165, 1.54) is 0 Å². The van der Waals surface area contributed by atoms with Crippen LogP contribution >= 0.6 is 0 Å². The largest absolute Gasteiger partial charge is 0.456 e. The van der Waals surface area contributed by atoms with Crippen LogP contribution in [0.15, 0.2) is 0 Å². The van der Waals surface area contributed by atoms with Crippen LogP contribution in [0, 0.1) is 12.3 Å². The molecule has 0 radical (unpaired) electrons. The lowest BCUT2D eigenvalue weighted by Crippen LogP contribution is -2.62.